The van der Waals surface area contributed by atoms with Crippen LogP contribution in [-0.2, 0) is 4.79 Å². The van der Waals surface area contributed by atoms with Crippen molar-refractivity contribution >= 4 is 5.78 Å². The predicted octanol–water partition coefficient (Wildman–Crippen LogP) is 3.82. The highest BCUT2D eigenvalue weighted by molar-refractivity contribution is 6.01. The zero-order valence-corrected chi connectivity index (χ0v) is 13.6. The second kappa shape index (κ2) is 4.44. The van der Waals surface area contributed by atoms with Gasteiger partial charge in [0.05, 0.1) is 6.10 Å². The Balaban J connectivity index is 1.76. The molecule has 0 bridgehead atoms. The van der Waals surface area contributed by atoms with E-state index in [9.17, 15) is 9.90 Å². The number of aliphatic hydroxyl groups is 1. The number of rotatable bonds is 0. The molecule has 4 rings (SSSR count). The van der Waals surface area contributed by atoms with Crippen LogP contribution in [0.3, 0.4) is 0 Å². The molecular formula is C20H26O2. The Bertz CT molecular complexity index is 613. The van der Waals surface area contributed by atoms with Crippen LogP contribution < -0.4 is 0 Å². The van der Waals surface area contributed by atoms with Gasteiger partial charge >= 0.3 is 0 Å². The van der Waals surface area contributed by atoms with Gasteiger partial charge in [0.2, 0.25) is 0 Å². The Morgan fingerprint density at radius 2 is 2.00 bits per heavy atom. The first-order chi connectivity index (χ1) is 10.4. The van der Waals surface area contributed by atoms with Crippen molar-refractivity contribution in [1.82, 2.24) is 0 Å². The Morgan fingerprint density at radius 3 is 2.77 bits per heavy atom. The highest BCUT2D eigenvalue weighted by Crippen LogP contribution is 2.65. The van der Waals surface area contributed by atoms with Gasteiger partial charge in [-0.1, -0.05) is 32.1 Å². The molecule has 3 fully saturated rings. The molecule has 0 aromatic heterocycles. The lowest BCUT2D eigenvalue weighted by molar-refractivity contribution is -0.111. The molecule has 6 atom stereocenters. The largest absolute Gasteiger partial charge is 0.393 e. The fourth-order valence-corrected chi connectivity index (χ4v) is 6.18. The number of carbonyl (C=O) groups excluding carboxylic acids is 1. The monoisotopic (exact) mass is 298 g/mol. The summed E-state index contributed by atoms with van der Waals surface area (Å²) in [5.74, 6) is 1.88. The molecule has 0 radical (unpaired) electrons. The summed E-state index contributed by atoms with van der Waals surface area (Å²) in [5.41, 5.74) is 2.37. The number of allylic oxidation sites excluding steroid dienone is 5. The van der Waals surface area contributed by atoms with Gasteiger partial charge in [-0.15, -0.1) is 0 Å². The van der Waals surface area contributed by atoms with Crippen LogP contribution in [0.25, 0.3) is 0 Å². The molecule has 0 aromatic carbocycles. The van der Waals surface area contributed by atoms with E-state index in [1.807, 2.05) is 6.08 Å². The number of aliphatic hydroxyl groups excluding tert-OH is 1. The third-order valence-corrected chi connectivity index (χ3v) is 7.48. The van der Waals surface area contributed by atoms with E-state index in [0.29, 0.717) is 17.8 Å². The molecule has 4 aliphatic rings. The number of fused-ring (bicyclic) bond motifs is 5. The van der Waals surface area contributed by atoms with Crippen molar-refractivity contribution in [2.45, 2.75) is 52.1 Å². The minimum atomic E-state index is -0.139. The van der Waals surface area contributed by atoms with E-state index in [4.69, 9.17) is 0 Å². The van der Waals surface area contributed by atoms with Crippen LogP contribution in [-0.4, -0.2) is 17.0 Å². The van der Waals surface area contributed by atoms with E-state index < -0.39 is 0 Å². The lowest BCUT2D eigenvalue weighted by atomic mass is 9.47. The molecule has 0 amide bonds. The first-order valence-electron chi connectivity index (χ1n) is 8.68. The Kier molecular flexibility index (Phi) is 2.92. The third kappa shape index (κ3) is 1.68. The van der Waals surface area contributed by atoms with Crippen molar-refractivity contribution in [3.8, 4) is 0 Å². The van der Waals surface area contributed by atoms with Crippen molar-refractivity contribution in [2.75, 3.05) is 0 Å². The lowest BCUT2D eigenvalue weighted by Crippen LogP contribution is -2.50. The first kappa shape index (κ1) is 14.4. The molecule has 0 aliphatic heterocycles. The van der Waals surface area contributed by atoms with Crippen LogP contribution in [0.1, 0.15) is 46.0 Å². The zero-order valence-electron chi connectivity index (χ0n) is 13.6. The molecule has 0 saturated heterocycles. The Hall–Kier alpha value is -1.15. The topological polar surface area (TPSA) is 37.3 Å². The normalized spacial score (nSPS) is 50.2. The molecule has 0 aromatic rings. The molecule has 1 N–H and O–H groups in total. The minimum Gasteiger partial charge on any atom is -0.393 e. The molecule has 0 spiro atoms. The van der Waals surface area contributed by atoms with Gasteiger partial charge in [-0.2, -0.15) is 0 Å². The molecule has 3 saturated carbocycles. The van der Waals surface area contributed by atoms with Crippen LogP contribution >= 0.6 is 0 Å². The number of hydrogen-bond acceptors (Lipinski definition) is 2. The van der Waals surface area contributed by atoms with E-state index in [-0.39, 0.29) is 22.7 Å². The SMILES string of the molecule is C=C1C[C@H]2[C@H]3CC[C@H](O)[C@@]3(C)CC[C@H]2[C@@]2(C)C=CC(=O)C=C12. The van der Waals surface area contributed by atoms with Crippen LogP contribution in [0, 0.1) is 28.6 Å². The highest BCUT2D eigenvalue weighted by Gasteiger charge is 2.58. The van der Waals surface area contributed by atoms with Crippen LogP contribution in [0.4, 0.5) is 0 Å². The summed E-state index contributed by atoms with van der Waals surface area (Å²) in [5, 5.41) is 10.5. The van der Waals surface area contributed by atoms with Crippen LogP contribution in [0.5, 0.6) is 0 Å². The molecule has 2 heteroatoms. The summed E-state index contributed by atoms with van der Waals surface area (Å²) in [7, 11) is 0. The molecule has 2 nitrogen and oxygen atoms in total. The summed E-state index contributed by atoms with van der Waals surface area (Å²) in [6.45, 7) is 8.89. The van der Waals surface area contributed by atoms with Gasteiger partial charge in [0, 0.05) is 5.41 Å². The second-order valence-corrected chi connectivity index (χ2v) is 8.40. The van der Waals surface area contributed by atoms with Gasteiger partial charge < -0.3 is 5.11 Å². The van der Waals surface area contributed by atoms with Gasteiger partial charge in [0.1, 0.15) is 0 Å². The molecule has 118 valence electrons. The quantitative estimate of drug-likeness (QED) is 0.738. The summed E-state index contributed by atoms with van der Waals surface area (Å²) >= 11 is 0. The maximum Gasteiger partial charge on any atom is 0.178 e. The van der Waals surface area contributed by atoms with Crippen molar-refractivity contribution < 1.29 is 9.90 Å². The summed E-state index contributed by atoms with van der Waals surface area (Å²) in [4.78, 5) is 11.8. The van der Waals surface area contributed by atoms with Crippen LogP contribution in [0.15, 0.2) is 36.0 Å². The second-order valence-electron chi connectivity index (χ2n) is 8.40. The van der Waals surface area contributed by atoms with E-state index in [2.05, 4.69) is 26.5 Å². The fraction of sp³-hybridized carbons (Fsp3) is 0.650. The number of hydrogen-bond donors (Lipinski definition) is 1. The maximum atomic E-state index is 11.8. The van der Waals surface area contributed by atoms with Gasteiger partial charge in [-0.05, 0) is 73.0 Å². The Morgan fingerprint density at radius 1 is 1.23 bits per heavy atom. The van der Waals surface area contributed by atoms with Gasteiger partial charge in [-0.3, -0.25) is 4.79 Å². The third-order valence-electron chi connectivity index (χ3n) is 7.48. The highest BCUT2D eigenvalue weighted by atomic mass is 16.3. The van der Waals surface area contributed by atoms with Crippen molar-refractivity contribution in [3.05, 3.63) is 36.0 Å². The van der Waals surface area contributed by atoms with E-state index >= 15 is 0 Å². The minimum absolute atomic E-state index is 0.0389. The van der Waals surface area contributed by atoms with Crippen molar-refractivity contribution in [2.24, 2.45) is 28.6 Å². The number of ketones is 1. The average Bonchev–Trinajstić information content (AvgIpc) is 2.77. The van der Waals surface area contributed by atoms with Gasteiger partial charge in [-0.25, -0.2) is 0 Å². The van der Waals surface area contributed by atoms with E-state index in [0.717, 1.165) is 37.7 Å². The zero-order chi connectivity index (χ0) is 15.7. The first-order valence-corrected chi connectivity index (χ1v) is 8.68. The Labute approximate surface area is 133 Å². The van der Waals surface area contributed by atoms with E-state index in [1.165, 1.54) is 5.57 Å². The molecule has 0 unspecified atom stereocenters. The fourth-order valence-electron chi connectivity index (χ4n) is 6.18. The summed E-state index contributed by atoms with van der Waals surface area (Å²) in [6.07, 6.45) is 10.9. The molecule has 4 aliphatic carbocycles. The smallest absolute Gasteiger partial charge is 0.178 e. The van der Waals surface area contributed by atoms with Crippen LogP contribution in [0.2, 0.25) is 0 Å². The predicted molar refractivity (Wildman–Crippen MR) is 87.1 cm³/mol. The lowest BCUT2D eigenvalue weighted by Gasteiger charge is -2.57. The molecule has 22 heavy (non-hydrogen) atoms. The summed E-state index contributed by atoms with van der Waals surface area (Å²) < 4.78 is 0. The van der Waals surface area contributed by atoms with E-state index in [1.54, 1.807) is 6.08 Å². The van der Waals surface area contributed by atoms with Crippen molar-refractivity contribution in [1.29, 1.82) is 0 Å². The maximum absolute atomic E-state index is 11.8. The van der Waals surface area contributed by atoms with Crippen molar-refractivity contribution in [3.63, 3.8) is 0 Å². The standard InChI is InChI=1S/C20H26O2/c1-12-10-14-15-4-5-18(22)20(15,3)9-7-16(14)19(2)8-6-13(21)11-17(12)19/h6,8,11,14-16,18,22H,1,4-5,7,9-10H2,2-3H3/t14-,15+,16+,18-,19+,20-/m0/s1. The molecule has 0 heterocycles. The average molecular weight is 298 g/mol. The molecular weight excluding hydrogens is 272 g/mol. The summed E-state index contributed by atoms with van der Waals surface area (Å²) in [6, 6.07) is 0. The van der Waals surface area contributed by atoms with Gasteiger partial charge in [0.15, 0.2) is 5.78 Å². The van der Waals surface area contributed by atoms with Gasteiger partial charge in [0.25, 0.3) is 0 Å². The number of carbonyl (C=O) groups is 1.